The van der Waals surface area contributed by atoms with Gasteiger partial charge in [-0.1, -0.05) is 29.6 Å². The number of anilines is 1. The summed E-state index contributed by atoms with van der Waals surface area (Å²) < 4.78 is 0. The van der Waals surface area contributed by atoms with Crippen LogP contribution >= 0.6 is 23.2 Å². The van der Waals surface area contributed by atoms with Crippen molar-refractivity contribution in [2.24, 2.45) is 11.8 Å². The minimum Gasteiger partial charge on any atom is -0.481 e. The highest BCUT2D eigenvalue weighted by atomic mass is 35.5. The van der Waals surface area contributed by atoms with Crippen molar-refractivity contribution >= 4 is 34.9 Å². The number of halogens is 2. The molecule has 0 aliphatic heterocycles. The van der Waals surface area contributed by atoms with E-state index in [-0.39, 0.29) is 22.1 Å². The predicted octanol–water partition coefficient (Wildman–Crippen LogP) is 2.70. The fourth-order valence-electron chi connectivity index (χ4n) is 2.32. The van der Waals surface area contributed by atoms with Crippen LogP contribution in [0.25, 0.3) is 0 Å². The summed E-state index contributed by atoms with van der Waals surface area (Å²) in [6.07, 6.45) is 2.60. The van der Waals surface area contributed by atoms with E-state index in [1.54, 1.807) is 6.07 Å². The third-order valence-corrected chi connectivity index (χ3v) is 3.71. The Kier molecular flexibility index (Phi) is 4.24. The van der Waals surface area contributed by atoms with E-state index in [0.717, 1.165) is 19.3 Å². The first kappa shape index (κ1) is 13.4. The maximum absolute atomic E-state index is 11.0. The summed E-state index contributed by atoms with van der Waals surface area (Å²) in [5.74, 6) is -0.886. The lowest BCUT2D eigenvalue weighted by molar-refractivity contribution is -0.142. The van der Waals surface area contributed by atoms with Crippen LogP contribution in [0.15, 0.2) is 6.07 Å². The molecule has 1 aromatic rings. The van der Waals surface area contributed by atoms with Gasteiger partial charge in [0.05, 0.1) is 11.6 Å². The van der Waals surface area contributed by atoms with Crippen molar-refractivity contribution in [1.29, 1.82) is 0 Å². The zero-order valence-corrected chi connectivity index (χ0v) is 11.1. The summed E-state index contributed by atoms with van der Waals surface area (Å²) >= 11 is 11.6. The van der Waals surface area contributed by atoms with Crippen LogP contribution in [0.3, 0.4) is 0 Å². The van der Waals surface area contributed by atoms with Crippen LogP contribution in [0.2, 0.25) is 10.3 Å². The minimum absolute atomic E-state index is 0.116. The van der Waals surface area contributed by atoms with Crippen molar-refractivity contribution in [2.45, 2.75) is 19.3 Å². The molecule has 2 rings (SSSR count). The summed E-state index contributed by atoms with van der Waals surface area (Å²) in [5.41, 5.74) is 0.590. The maximum atomic E-state index is 11.0. The standard InChI is InChI=1S/C11H13Cl2N3O2/c12-9-4-8(10(13)16-15-9)14-5-6-2-1-3-7(6)11(17)18/h4,6-7H,1-3,5H2,(H,14,15)(H,17,18). The van der Waals surface area contributed by atoms with Crippen molar-refractivity contribution in [1.82, 2.24) is 10.2 Å². The normalized spacial score (nSPS) is 23.0. The molecular weight excluding hydrogens is 277 g/mol. The summed E-state index contributed by atoms with van der Waals surface area (Å²) in [5, 5.41) is 20.0. The summed E-state index contributed by atoms with van der Waals surface area (Å²) in [4.78, 5) is 11.0. The molecule has 1 aromatic heterocycles. The highest BCUT2D eigenvalue weighted by Crippen LogP contribution is 2.32. The number of carboxylic acid groups (broad SMARTS) is 1. The number of nitrogens with one attached hydrogen (secondary N) is 1. The van der Waals surface area contributed by atoms with Crippen molar-refractivity contribution < 1.29 is 9.90 Å². The first-order chi connectivity index (χ1) is 8.58. The summed E-state index contributed by atoms with van der Waals surface area (Å²) in [7, 11) is 0. The molecule has 0 bridgehead atoms. The van der Waals surface area contributed by atoms with Gasteiger partial charge in [-0.25, -0.2) is 0 Å². The average Bonchev–Trinajstić information content (AvgIpc) is 2.79. The molecule has 1 heterocycles. The molecule has 1 aliphatic rings. The second-order valence-electron chi connectivity index (χ2n) is 4.39. The van der Waals surface area contributed by atoms with E-state index in [1.807, 2.05) is 0 Å². The molecule has 2 N–H and O–H groups in total. The van der Waals surface area contributed by atoms with Crippen LogP contribution in [0.1, 0.15) is 19.3 Å². The van der Waals surface area contributed by atoms with Gasteiger partial charge in [0.25, 0.3) is 0 Å². The lowest BCUT2D eigenvalue weighted by Gasteiger charge is -2.17. The molecule has 0 radical (unpaired) electrons. The van der Waals surface area contributed by atoms with E-state index in [1.165, 1.54) is 0 Å². The molecule has 0 amide bonds. The second-order valence-corrected chi connectivity index (χ2v) is 5.13. The summed E-state index contributed by atoms with van der Waals surface area (Å²) in [6.45, 7) is 0.554. The Balaban J connectivity index is 1.99. The number of aromatic nitrogens is 2. The number of rotatable bonds is 4. The van der Waals surface area contributed by atoms with Gasteiger partial charge < -0.3 is 10.4 Å². The lowest BCUT2D eigenvalue weighted by atomic mass is 9.96. The topological polar surface area (TPSA) is 75.1 Å². The van der Waals surface area contributed by atoms with Crippen LogP contribution in [-0.4, -0.2) is 27.8 Å². The van der Waals surface area contributed by atoms with E-state index >= 15 is 0 Å². The number of carbonyl (C=O) groups is 1. The molecule has 1 aliphatic carbocycles. The molecule has 7 heteroatoms. The van der Waals surface area contributed by atoms with Crippen LogP contribution < -0.4 is 5.32 Å². The molecule has 1 saturated carbocycles. The van der Waals surface area contributed by atoms with Gasteiger partial charge in [0.1, 0.15) is 0 Å². The van der Waals surface area contributed by atoms with Crippen LogP contribution in [0.5, 0.6) is 0 Å². The van der Waals surface area contributed by atoms with Crippen LogP contribution in [0.4, 0.5) is 5.69 Å². The Morgan fingerprint density at radius 1 is 1.44 bits per heavy atom. The van der Waals surface area contributed by atoms with Gasteiger partial charge in [-0.2, -0.15) is 0 Å². The van der Waals surface area contributed by atoms with Crippen LogP contribution in [0, 0.1) is 11.8 Å². The average molecular weight is 290 g/mol. The Morgan fingerprint density at radius 2 is 2.22 bits per heavy atom. The van der Waals surface area contributed by atoms with E-state index in [0.29, 0.717) is 12.2 Å². The Labute approximate surface area is 115 Å². The second kappa shape index (κ2) is 5.71. The number of aliphatic carboxylic acids is 1. The molecule has 98 valence electrons. The van der Waals surface area contributed by atoms with E-state index in [9.17, 15) is 4.79 Å². The number of nitrogens with zero attached hydrogens (tertiary/aromatic N) is 2. The number of carboxylic acids is 1. The molecule has 18 heavy (non-hydrogen) atoms. The Bertz CT molecular complexity index is 456. The zero-order valence-electron chi connectivity index (χ0n) is 9.57. The van der Waals surface area contributed by atoms with Gasteiger partial charge in [-0.15, -0.1) is 10.2 Å². The molecule has 0 saturated heterocycles. The highest BCUT2D eigenvalue weighted by molar-refractivity contribution is 6.33. The Morgan fingerprint density at radius 3 is 2.94 bits per heavy atom. The zero-order chi connectivity index (χ0) is 13.1. The van der Waals surface area contributed by atoms with Crippen molar-refractivity contribution in [3.05, 3.63) is 16.4 Å². The molecule has 5 nitrogen and oxygen atoms in total. The molecular formula is C11H13Cl2N3O2. The van der Waals surface area contributed by atoms with Gasteiger partial charge in [-0.05, 0) is 18.8 Å². The minimum atomic E-state index is -0.726. The van der Waals surface area contributed by atoms with Crippen molar-refractivity contribution in [3.63, 3.8) is 0 Å². The monoisotopic (exact) mass is 289 g/mol. The summed E-state index contributed by atoms with van der Waals surface area (Å²) in [6, 6.07) is 1.58. The molecule has 0 spiro atoms. The first-order valence-corrected chi connectivity index (χ1v) is 6.49. The fourth-order valence-corrected chi connectivity index (χ4v) is 2.63. The van der Waals surface area contributed by atoms with Crippen molar-refractivity contribution in [3.8, 4) is 0 Å². The van der Waals surface area contributed by atoms with Gasteiger partial charge in [0, 0.05) is 12.6 Å². The maximum Gasteiger partial charge on any atom is 0.306 e. The number of hydrogen-bond donors (Lipinski definition) is 2. The molecule has 0 aromatic carbocycles. The molecule has 1 fully saturated rings. The van der Waals surface area contributed by atoms with Gasteiger partial charge in [0.15, 0.2) is 10.3 Å². The third-order valence-electron chi connectivity index (χ3n) is 3.25. The largest absolute Gasteiger partial charge is 0.481 e. The van der Waals surface area contributed by atoms with Crippen LogP contribution in [-0.2, 0) is 4.79 Å². The lowest BCUT2D eigenvalue weighted by Crippen LogP contribution is -2.24. The van der Waals surface area contributed by atoms with E-state index < -0.39 is 5.97 Å². The SMILES string of the molecule is O=C(O)C1CCCC1CNc1cc(Cl)nnc1Cl. The third kappa shape index (κ3) is 3.03. The first-order valence-electron chi connectivity index (χ1n) is 5.73. The smallest absolute Gasteiger partial charge is 0.306 e. The van der Waals surface area contributed by atoms with Gasteiger partial charge in [0.2, 0.25) is 0 Å². The van der Waals surface area contributed by atoms with E-state index in [2.05, 4.69) is 15.5 Å². The molecule has 2 unspecified atom stereocenters. The number of hydrogen-bond acceptors (Lipinski definition) is 4. The predicted molar refractivity (Wildman–Crippen MR) is 69.0 cm³/mol. The Hall–Kier alpha value is -1.07. The molecule has 2 atom stereocenters. The van der Waals surface area contributed by atoms with Crippen molar-refractivity contribution in [2.75, 3.05) is 11.9 Å². The quantitative estimate of drug-likeness (QED) is 0.891. The van der Waals surface area contributed by atoms with Gasteiger partial charge in [-0.3, -0.25) is 4.79 Å². The highest BCUT2D eigenvalue weighted by Gasteiger charge is 2.32. The van der Waals surface area contributed by atoms with Gasteiger partial charge >= 0.3 is 5.97 Å². The van der Waals surface area contributed by atoms with E-state index in [4.69, 9.17) is 28.3 Å². The fraction of sp³-hybridized carbons (Fsp3) is 0.545.